The van der Waals surface area contributed by atoms with Gasteiger partial charge in [0.1, 0.15) is 0 Å². The maximum Gasteiger partial charge on any atom is 0.0838 e. The van der Waals surface area contributed by atoms with Crippen molar-refractivity contribution in [3.8, 4) is 0 Å². The van der Waals surface area contributed by atoms with Crippen molar-refractivity contribution in [1.82, 2.24) is 0 Å². The number of halogens is 1. The Morgan fingerprint density at radius 2 is 1.86 bits per heavy atom. The minimum atomic E-state index is -0.417. The summed E-state index contributed by atoms with van der Waals surface area (Å²) in [6.07, 6.45) is -0.417. The van der Waals surface area contributed by atoms with Gasteiger partial charge in [0, 0.05) is 4.47 Å². The zero-order valence-corrected chi connectivity index (χ0v) is 10.7. The van der Waals surface area contributed by atoms with E-state index < -0.39 is 6.10 Å². The van der Waals surface area contributed by atoms with Crippen LogP contribution < -0.4 is 0 Å². The summed E-state index contributed by atoms with van der Waals surface area (Å²) in [5.74, 6) is 0. The molecule has 1 rings (SSSR count). The Bertz CT molecular complexity index is 326. The molecule has 14 heavy (non-hydrogen) atoms. The number of aryl methyl sites for hydroxylation is 1. The molecule has 0 aliphatic heterocycles. The zero-order chi connectivity index (χ0) is 10.9. The van der Waals surface area contributed by atoms with E-state index in [1.54, 1.807) is 0 Å². The van der Waals surface area contributed by atoms with E-state index in [1.165, 1.54) is 5.56 Å². The van der Waals surface area contributed by atoms with E-state index in [4.69, 9.17) is 0 Å². The molecule has 1 nitrogen and oxygen atoms in total. The SMILES string of the molecule is Cc1ccc(C(O)C(C)(C)C)cc1Br. The van der Waals surface area contributed by atoms with Crippen molar-refractivity contribution in [1.29, 1.82) is 0 Å². The van der Waals surface area contributed by atoms with E-state index in [1.807, 2.05) is 45.9 Å². The van der Waals surface area contributed by atoms with E-state index in [9.17, 15) is 5.11 Å². The predicted octanol–water partition coefficient (Wildman–Crippen LogP) is 3.84. The van der Waals surface area contributed by atoms with Crippen LogP contribution in [0.3, 0.4) is 0 Å². The van der Waals surface area contributed by atoms with E-state index in [-0.39, 0.29) is 5.41 Å². The van der Waals surface area contributed by atoms with Crippen LogP contribution in [0.4, 0.5) is 0 Å². The molecule has 78 valence electrons. The summed E-state index contributed by atoms with van der Waals surface area (Å²) < 4.78 is 1.05. The number of aliphatic hydroxyl groups excluding tert-OH is 1. The molecule has 1 N–H and O–H groups in total. The Balaban J connectivity index is 3.03. The van der Waals surface area contributed by atoms with Crippen LogP contribution in [0.1, 0.15) is 38.0 Å². The van der Waals surface area contributed by atoms with Gasteiger partial charge in [-0.25, -0.2) is 0 Å². The Morgan fingerprint density at radius 1 is 1.29 bits per heavy atom. The summed E-state index contributed by atoms with van der Waals surface area (Å²) in [6, 6.07) is 6.00. The molecular formula is C12H17BrO. The molecule has 0 heterocycles. The Morgan fingerprint density at radius 3 is 2.29 bits per heavy atom. The predicted molar refractivity (Wildman–Crippen MR) is 63.3 cm³/mol. The van der Waals surface area contributed by atoms with Gasteiger partial charge in [-0.1, -0.05) is 48.8 Å². The molecule has 0 bridgehead atoms. The fourth-order valence-corrected chi connectivity index (χ4v) is 1.68. The van der Waals surface area contributed by atoms with Crippen LogP contribution in [0.15, 0.2) is 22.7 Å². The Kier molecular flexibility index (Phi) is 3.38. The molecule has 0 saturated heterocycles. The fraction of sp³-hybridized carbons (Fsp3) is 0.500. The second kappa shape index (κ2) is 4.03. The van der Waals surface area contributed by atoms with Gasteiger partial charge in [-0.3, -0.25) is 0 Å². The van der Waals surface area contributed by atoms with Gasteiger partial charge in [0.05, 0.1) is 6.10 Å². The van der Waals surface area contributed by atoms with Crippen molar-refractivity contribution in [3.05, 3.63) is 33.8 Å². The molecule has 0 aliphatic rings. The van der Waals surface area contributed by atoms with E-state index in [0.717, 1.165) is 10.0 Å². The quantitative estimate of drug-likeness (QED) is 0.810. The first kappa shape index (κ1) is 11.7. The number of hydrogen-bond donors (Lipinski definition) is 1. The normalized spacial score (nSPS) is 14.1. The lowest BCUT2D eigenvalue weighted by molar-refractivity contribution is 0.0626. The monoisotopic (exact) mass is 256 g/mol. The molecule has 2 heteroatoms. The lowest BCUT2D eigenvalue weighted by atomic mass is 9.85. The number of rotatable bonds is 1. The van der Waals surface area contributed by atoms with Crippen molar-refractivity contribution in [2.45, 2.75) is 33.8 Å². The van der Waals surface area contributed by atoms with E-state index in [2.05, 4.69) is 15.9 Å². The topological polar surface area (TPSA) is 20.2 Å². The molecule has 0 amide bonds. The molecule has 0 spiro atoms. The molecule has 1 unspecified atom stereocenters. The van der Waals surface area contributed by atoms with Gasteiger partial charge in [-0.2, -0.15) is 0 Å². The Labute approximate surface area is 94.3 Å². The van der Waals surface area contributed by atoms with E-state index in [0.29, 0.717) is 0 Å². The molecule has 1 aromatic carbocycles. The maximum absolute atomic E-state index is 10.1. The second-order valence-corrected chi connectivity index (χ2v) is 5.63. The molecule has 1 atom stereocenters. The Hall–Kier alpha value is -0.340. The summed E-state index contributed by atoms with van der Waals surface area (Å²) in [5, 5.41) is 10.1. The van der Waals surface area contributed by atoms with Crippen LogP contribution in [-0.4, -0.2) is 5.11 Å². The smallest absolute Gasteiger partial charge is 0.0838 e. The first-order chi connectivity index (χ1) is 6.32. The molecule has 0 saturated carbocycles. The summed E-state index contributed by atoms with van der Waals surface area (Å²) in [7, 11) is 0. The minimum absolute atomic E-state index is 0.116. The summed E-state index contributed by atoms with van der Waals surface area (Å²) >= 11 is 3.47. The van der Waals surface area contributed by atoms with Crippen molar-refractivity contribution in [2.75, 3.05) is 0 Å². The molecule has 0 aromatic heterocycles. The fourth-order valence-electron chi connectivity index (χ4n) is 1.28. The highest BCUT2D eigenvalue weighted by molar-refractivity contribution is 9.10. The molecular weight excluding hydrogens is 240 g/mol. The van der Waals surface area contributed by atoms with Gasteiger partial charge in [-0.15, -0.1) is 0 Å². The van der Waals surface area contributed by atoms with Gasteiger partial charge in [0.2, 0.25) is 0 Å². The highest BCUT2D eigenvalue weighted by atomic mass is 79.9. The van der Waals surface area contributed by atoms with Crippen molar-refractivity contribution < 1.29 is 5.11 Å². The first-order valence-corrected chi connectivity index (χ1v) is 5.56. The van der Waals surface area contributed by atoms with Crippen molar-refractivity contribution in [3.63, 3.8) is 0 Å². The average Bonchev–Trinajstić information content (AvgIpc) is 2.07. The summed E-state index contributed by atoms with van der Waals surface area (Å²) in [4.78, 5) is 0. The van der Waals surface area contributed by atoms with Crippen LogP contribution in [-0.2, 0) is 0 Å². The lowest BCUT2D eigenvalue weighted by Gasteiger charge is -2.26. The molecule has 0 aliphatic carbocycles. The standard InChI is InChI=1S/C12H17BrO/c1-8-5-6-9(7-10(8)13)11(14)12(2,3)4/h5-7,11,14H,1-4H3. The highest BCUT2D eigenvalue weighted by Crippen LogP contribution is 2.34. The third kappa shape index (κ3) is 2.58. The van der Waals surface area contributed by atoms with Crippen LogP contribution in [0.5, 0.6) is 0 Å². The third-order valence-electron chi connectivity index (χ3n) is 2.33. The number of benzene rings is 1. The van der Waals surface area contributed by atoms with Gasteiger partial charge < -0.3 is 5.11 Å². The lowest BCUT2D eigenvalue weighted by Crippen LogP contribution is -2.17. The van der Waals surface area contributed by atoms with Crippen LogP contribution in [0.25, 0.3) is 0 Å². The largest absolute Gasteiger partial charge is 0.388 e. The summed E-state index contributed by atoms with van der Waals surface area (Å²) in [5.41, 5.74) is 2.04. The number of aliphatic hydroxyl groups is 1. The van der Waals surface area contributed by atoms with Gasteiger partial charge >= 0.3 is 0 Å². The van der Waals surface area contributed by atoms with E-state index >= 15 is 0 Å². The molecule has 0 fully saturated rings. The van der Waals surface area contributed by atoms with Gasteiger partial charge in [0.15, 0.2) is 0 Å². The molecule has 1 aromatic rings. The second-order valence-electron chi connectivity index (χ2n) is 4.78. The van der Waals surface area contributed by atoms with Crippen LogP contribution >= 0.6 is 15.9 Å². The minimum Gasteiger partial charge on any atom is -0.388 e. The summed E-state index contributed by atoms with van der Waals surface area (Å²) in [6.45, 7) is 8.14. The van der Waals surface area contributed by atoms with Crippen LogP contribution in [0.2, 0.25) is 0 Å². The van der Waals surface area contributed by atoms with Crippen molar-refractivity contribution >= 4 is 15.9 Å². The highest BCUT2D eigenvalue weighted by Gasteiger charge is 2.23. The van der Waals surface area contributed by atoms with Crippen molar-refractivity contribution in [2.24, 2.45) is 5.41 Å². The third-order valence-corrected chi connectivity index (χ3v) is 3.19. The molecule has 0 radical (unpaired) electrons. The first-order valence-electron chi connectivity index (χ1n) is 4.76. The number of hydrogen-bond acceptors (Lipinski definition) is 1. The van der Waals surface area contributed by atoms with Crippen LogP contribution in [0, 0.1) is 12.3 Å². The maximum atomic E-state index is 10.1. The average molecular weight is 257 g/mol. The van der Waals surface area contributed by atoms with Gasteiger partial charge in [-0.05, 0) is 29.5 Å². The zero-order valence-electron chi connectivity index (χ0n) is 9.13. The van der Waals surface area contributed by atoms with Gasteiger partial charge in [0.25, 0.3) is 0 Å².